The van der Waals surface area contributed by atoms with Crippen LogP contribution >= 0.6 is 0 Å². The Morgan fingerprint density at radius 1 is 1.42 bits per heavy atom. The molecule has 0 amide bonds. The number of nitrogens with one attached hydrogen (secondary N) is 1. The summed E-state index contributed by atoms with van der Waals surface area (Å²) in [4.78, 5) is 11.0. The van der Waals surface area contributed by atoms with Gasteiger partial charge in [-0.05, 0) is 13.0 Å². The molecule has 1 aromatic rings. The van der Waals surface area contributed by atoms with Crippen molar-refractivity contribution in [1.82, 2.24) is 15.3 Å². The summed E-state index contributed by atoms with van der Waals surface area (Å²) in [6.45, 7) is 9.85. The molecule has 0 saturated heterocycles. The van der Waals surface area contributed by atoms with Gasteiger partial charge in [0.05, 0.1) is 24.7 Å². The molecule has 0 aliphatic carbocycles. The molecule has 0 spiro atoms. The van der Waals surface area contributed by atoms with Crippen LogP contribution in [-0.4, -0.2) is 43.3 Å². The average Bonchev–Trinajstić information content (AvgIpc) is 2.45. The van der Waals surface area contributed by atoms with Crippen LogP contribution in [0.5, 0.6) is 0 Å². The van der Waals surface area contributed by atoms with Gasteiger partial charge in [-0.25, -0.2) is 4.98 Å². The van der Waals surface area contributed by atoms with Crippen molar-refractivity contribution in [2.75, 3.05) is 38.3 Å². The molecule has 5 nitrogen and oxygen atoms in total. The molecule has 106 valence electrons. The maximum Gasteiger partial charge on any atom is 0.147 e. The molecule has 0 aromatic carbocycles. The van der Waals surface area contributed by atoms with Gasteiger partial charge in [-0.1, -0.05) is 13.0 Å². The lowest BCUT2D eigenvalue weighted by Gasteiger charge is -2.21. The van der Waals surface area contributed by atoms with Gasteiger partial charge in [0.15, 0.2) is 0 Å². The minimum absolute atomic E-state index is 0.662. The summed E-state index contributed by atoms with van der Waals surface area (Å²) in [6.07, 6.45) is 6.60. The molecule has 0 aliphatic heterocycles. The third-order valence-corrected chi connectivity index (χ3v) is 2.66. The number of hydrogen-bond donors (Lipinski definition) is 1. The van der Waals surface area contributed by atoms with E-state index in [0.717, 1.165) is 44.1 Å². The number of hydrogen-bond acceptors (Lipinski definition) is 5. The maximum absolute atomic E-state index is 5.10. The van der Waals surface area contributed by atoms with E-state index in [1.165, 1.54) is 0 Å². The largest absolute Gasteiger partial charge is 0.383 e. The van der Waals surface area contributed by atoms with Crippen molar-refractivity contribution in [3.63, 3.8) is 0 Å². The summed E-state index contributed by atoms with van der Waals surface area (Å²) >= 11 is 0. The van der Waals surface area contributed by atoms with Gasteiger partial charge in [0.2, 0.25) is 0 Å². The van der Waals surface area contributed by atoms with Crippen LogP contribution in [0.1, 0.15) is 19.0 Å². The van der Waals surface area contributed by atoms with Crippen LogP contribution in [0, 0.1) is 0 Å². The van der Waals surface area contributed by atoms with E-state index in [1.54, 1.807) is 7.11 Å². The maximum atomic E-state index is 5.10. The molecule has 1 heterocycles. The first-order valence-electron chi connectivity index (χ1n) is 6.68. The van der Waals surface area contributed by atoms with Gasteiger partial charge in [0.25, 0.3) is 0 Å². The number of rotatable bonds is 10. The quantitative estimate of drug-likeness (QED) is 0.514. The van der Waals surface area contributed by atoms with Crippen molar-refractivity contribution in [2.45, 2.75) is 19.9 Å². The highest BCUT2D eigenvalue weighted by Gasteiger charge is 2.06. The van der Waals surface area contributed by atoms with E-state index in [0.29, 0.717) is 6.61 Å². The van der Waals surface area contributed by atoms with Crippen molar-refractivity contribution in [3.05, 3.63) is 30.7 Å². The molecule has 0 atom stereocenters. The minimum Gasteiger partial charge on any atom is -0.383 e. The average molecular weight is 264 g/mol. The van der Waals surface area contributed by atoms with E-state index in [-0.39, 0.29) is 0 Å². The second-order valence-electron chi connectivity index (χ2n) is 4.27. The van der Waals surface area contributed by atoms with E-state index in [2.05, 4.69) is 33.7 Å². The number of anilines is 1. The van der Waals surface area contributed by atoms with Gasteiger partial charge < -0.3 is 15.0 Å². The first-order chi connectivity index (χ1) is 9.31. The summed E-state index contributed by atoms with van der Waals surface area (Å²) in [5.41, 5.74) is 0.961. The molecule has 0 saturated carbocycles. The Hall–Kier alpha value is -1.46. The summed E-state index contributed by atoms with van der Waals surface area (Å²) in [5.74, 6) is 0.858. The zero-order chi connectivity index (χ0) is 13.9. The Kier molecular flexibility index (Phi) is 7.77. The molecular formula is C14H24N4O. The van der Waals surface area contributed by atoms with Crippen molar-refractivity contribution in [1.29, 1.82) is 0 Å². The fourth-order valence-electron chi connectivity index (χ4n) is 1.65. The van der Waals surface area contributed by atoms with Crippen LogP contribution < -0.4 is 10.2 Å². The zero-order valence-electron chi connectivity index (χ0n) is 11.9. The van der Waals surface area contributed by atoms with Gasteiger partial charge >= 0.3 is 0 Å². The highest BCUT2D eigenvalue weighted by Crippen LogP contribution is 2.08. The Bertz CT molecular complexity index is 353. The Balaban J connectivity index is 2.57. The van der Waals surface area contributed by atoms with Crippen LogP contribution in [0.15, 0.2) is 25.0 Å². The van der Waals surface area contributed by atoms with Crippen molar-refractivity contribution in [3.8, 4) is 0 Å². The topological polar surface area (TPSA) is 50.3 Å². The zero-order valence-corrected chi connectivity index (χ0v) is 11.9. The van der Waals surface area contributed by atoms with Crippen LogP contribution in [-0.2, 0) is 11.3 Å². The fraction of sp³-hybridized carbons (Fsp3) is 0.571. The van der Waals surface area contributed by atoms with E-state index < -0.39 is 0 Å². The van der Waals surface area contributed by atoms with Gasteiger partial charge in [-0.2, -0.15) is 0 Å². The monoisotopic (exact) mass is 264 g/mol. The molecule has 0 unspecified atom stereocenters. The van der Waals surface area contributed by atoms with Crippen LogP contribution in [0.2, 0.25) is 0 Å². The molecule has 0 bridgehead atoms. The summed E-state index contributed by atoms with van der Waals surface area (Å²) < 4.78 is 5.10. The van der Waals surface area contributed by atoms with Gasteiger partial charge in [-0.15, -0.1) is 6.58 Å². The second-order valence-corrected chi connectivity index (χ2v) is 4.27. The second kappa shape index (κ2) is 9.47. The number of nitrogens with zero attached hydrogens (tertiary/aromatic N) is 3. The van der Waals surface area contributed by atoms with Crippen molar-refractivity contribution in [2.24, 2.45) is 0 Å². The van der Waals surface area contributed by atoms with E-state index in [1.807, 2.05) is 18.5 Å². The highest BCUT2D eigenvalue weighted by atomic mass is 16.5. The first kappa shape index (κ1) is 15.6. The molecule has 1 aromatic heterocycles. The third kappa shape index (κ3) is 5.81. The Morgan fingerprint density at radius 3 is 2.84 bits per heavy atom. The Morgan fingerprint density at radius 2 is 2.26 bits per heavy atom. The fourth-order valence-corrected chi connectivity index (χ4v) is 1.65. The lowest BCUT2D eigenvalue weighted by molar-refractivity contribution is 0.205. The number of ether oxygens (including phenoxy) is 1. The van der Waals surface area contributed by atoms with Gasteiger partial charge in [0, 0.05) is 26.7 Å². The molecule has 0 fully saturated rings. The standard InChI is InChI=1S/C14H24N4O/c1-4-6-15-10-13-11-17-14(12-16-13)18(7-5-2)8-9-19-3/h5,11-12,15H,2,4,6-10H2,1,3H3. The molecule has 0 radical (unpaired) electrons. The number of methoxy groups -OCH3 is 1. The smallest absolute Gasteiger partial charge is 0.147 e. The minimum atomic E-state index is 0.662. The SMILES string of the molecule is C=CCN(CCOC)c1cnc(CNCCC)cn1. The molecule has 19 heavy (non-hydrogen) atoms. The molecule has 1 rings (SSSR count). The lowest BCUT2D eigenvalue weighted by atomic mass is 10.4. The Labute approximate surface area is 115 Å². The van der Waals surface area contributed by atoms with E-state index >= 15 is 0 Å². The summed E-state index contributed by atoms with van der Waals surface area (Å²) in [6, 6.07) is 0. The first-order valence-corrected chi connectivity index (χ1v) is 6.68. The van der Waals surface area contributed by atoms with Crippen molar-refractivity contribution >= 4 is 5.82 Å². The highest BCUT2D eigenvalue weighted by molar-refractivity contribution is 5.36. The third-order valence-electron chi connectivity index (χ3n) is 2.66. The molecule has 0 aliphatic rings. The molecule has 5 heteroatoms. The van der Waals surface area contributed by atoms with Gasteiger partial charge in [-0.3, -0.25) is 4.98 Å². The molecular weight excluding hydrogens is 240 g/mol. The van der Waals surface area contributed by atoms with Crippen molar-refractivity contribution < 1.29 is 4.74 Å². The normalized spacial score (nSPS) is 10.4. The van der Waals surface area contributed by atoms with Crippen LogP contribution in [0.4, 0.5) is 5.82 Å². The van der Waals surface area contributed by atoms with E-state index in [9.17, 15) is 0 Å². The predicted octanol–water partition coefficient (Wildman–Crippen LogP) is 1.61. The summed E-state index contributed by atoms with van der Waals surface area (Å²) in [5, 5.41) is 3.31. The predicted molar refractivity (Wildman–Crippen MR) is 78.3 cm³/mol. The van der Waals surface area contributed by atoms with Crippen LogP contribution in [0.25, 0.3) is 0 Å². The molecule has 1 N–H and O–H groups in total. The van der Waals surface area contributed by atoms with E-state index in [4.69, 9.17) is 4.74 Å². The lowest BCUT2D eigenvalue weighted by Crippen LogP contribution is -2.28. The van der Waals surface area contributed by atoms with Crippen LogP contribution in [0.3, 0.4) is 0 Å². The van der Waals surface area contributed by atoms with Gasteiger partial charge in [0.1, 0.15) is 5.82 Å². The summed E-state index contributed by atoms with van der Waals surface area (Å²) in [7, 11) is 1.69. The number of aromatic nitrogens is 2.